The van der Waals surface area contributed by atoms with Crippen LogP contribution >= 0.6 is 11.6 Å². The molecule has 112 valence electrons. The number of unbranched alkanes of at least 4 members (excludes halogenated alkanes) is 1. The molecular formula is C16H24ClNO2. The van der Waals surface area contributed by atoms with E-state index in [0.29, 0.717) is 5.02 Å². The van der Waals surface area contributed by atoms with Crippen molar-refractivity contribution in [3.63, 3.8) is 0 Å². The third kappa shape index (κ3) is 4.50. The molecular weight excluding hydrogens is 274 g/mol. The topological polar surface area (TPSA) is 29.5 Å². The number of benzene rings is 1. The third-order valence-corrected chi connectivity index (χ3v) is 3.97. The lowest BCUT2D eigenvalue weighted by Gasteiger charge is -2.31. The Kier molecular flexibility index (Phi) is 7.03. The summed E-state index contributed by atoms with van der Waals surface area (Å²) >= 11 is 6.04. The van der Waals surface area contributed by atoms with Crippen LogP contribution in [0.25, 0.3) is 0 Å². The number of hydrogen-bond donors (Lipinski definition) is 0. The van der Waals surface area contributed by atoms with Crippen molar-refractivity contribution in [3.05, 3.63) is 34.9 Å². The molecule has 0 N–H and O–H groups in total. The number of esters is 1. The fourth-order valence-electron chi connectivity index (χ4n) is 2.29. The Morgan fingerprint density at radius 3 is 2.70 bits per heavy atom. The summed E-state index contributed by atoms with van der Waals surface area (Å²) in [5.41, 5.74) is 1.10. The largest absolute Gasteiger partial charge is 0.468 e. The second-order valence-electron chi connectivity index (χ2n) is 5.08. The van der Waals surface area contributed by atoms with Gasteiger partial charge in [0.05, 0.1) is 7.11 Å². The average molecular weight is 298 g/mol. The summed E-state index contributed by atoms with van der Waals surface area (Å²) < 4.78 is 4.93. The molecule has 0 aliphatic heterocycles. The molecule has 0 aliphatic rings. The van der Waals surface area contributed by atoms with Crippen LogP contribution in [0.1, 0.15) is 44.7 Å². The Hall–Kier alpha value is -1.06. The zero-order valence-corrected chi connectivity index (χ0v) is 13.5. The minimum Gasteiger partial charge on any atom is -0.468 e. The van der Waals surface area contributed by atoms with Gasteiger partial charge >= 0.3 is 5.97 Å². The second kappa shape index (κ2) is 8.28. The van der Waals surface area contributed by atoms with Crippen LogP contribution in [-0.2, 0) is 9.53 Å². The highest BCUT2D eigenvalue weighted by Gasteiger charge is 2.27. The zero-order valence-electron chi connectivity index (χ0n) is 12.7. The molecule has 0 saturated carbocycles. The normalized spacial score (nSPS) is 14.1. The minimum absolute atomic E-state index is 0.106. The maximum absolute atomic E-state index is 12.0. The monoisotopic (exact) mass is 297 g/mol. The van der Waals surface area contributed by atoms with Gasteiger partial charge in [0, 0.05) is 11.1 Å². The smallest absolute Gasteiger partial charge is 0.323 e. The number of carbonyl (C=O) groups excluding carboxylic acids is 1. The molecule has 0 amide bonds. The van der Waals surface area contributed by atoms with Crippen LogP contribution in [-0.4, -0.2) is 31.1 Å². The van der Waals surface area contributed by atoms with Crippen LogP contribution in [0, 0.1) is 0 Å². The van der Waals surface area contributed by atoms with Crippen LogP contribution in [0.4, 0.5) is 0 Å². The molecule has 2 unspecified atom stereocenters. The van der Waals surface area contributed by atoms with Gasteiger partial charge in [0.1, 0.15) is 6.04 Å². The molecule has 0 bridgehead atoms. The van der Waals surface area contributed by atoms with Crippen molar-refractivity contribution in [3.8, 4) is 0 Å². The highest BCUT2D eigenvalue weighted by molar-refractivity contribution is 6.30. The number of hydrogen-bond acceptors (Lipinski definition) is 3. The predicted molar refractivity (Wildman–Crippen MR) is 83.0 cm³/mol. The van der Waals surface area contributed by atoms with Gasteiger partial charge in [-0.3, -0.25) is 9.69 Å². The van der Waals surface area contributed by atoms with E-state index >= 15 is 0 Å². The SMILES string of the molecule is CCCCC(C(=O)OC)N(C)C(C)c1cccc(Cl)c1. The first kappa shape index (κ1) is 17.0. The molecule has 1 aromatic carbocycles. The lowest BCUT2D eigenvalue weighted by atomic mass is 10.0. The summed E-state index contributed by atoms with van der Waals surface area (Å²) in [4.78, 5) is 14.0. The summed E-state index contributed by atoms with van der Waals surface area (Å²) in [7, 11) is 3.40. The molecule has 1 rings (SSSR count). The van der Waals surface area contributed by atoms with Gasteiger partial charge < -0.3 is 4.74 Å². The van der Waals surface area contributed by atoms with E-state index in [1.165, 1.54) is 7.11 Å². The van der Waals surface area contributed by atoms with Crippen LogP contribution in [0.2, 0.25) is 5.02 Å². The van der Waals surface area contributed by atoms with Gasteiger partial charge in [-0.15, -0.1) is 0 Å². The highest BCUT2D eigenvalue weighted by Crippen LogP contribution is 2.25. The van der Waals surface area contributed by atoms with Crippen molar-refractivity contribution in [2.24, 2.45) is 0 Å². The molecule has 0 fully saturated rings. The molecule has 1 aromatic rings. The van der Waals surface area contributed by atoms with Gasteiger partial charge in [0.15, 0.2) is 0 Å². The van der Waals surface area contributed by atoms with Crippen molar-refractivity contribution in [2.75, 3.05) is 14.2 Å². The molecule has 2 atom stereocenters. The molecule has 0 radical (unpaired) electrons. The fraction of sp³-hybridized carbons (Fsp3) is 0.562. The third-order valence-electron chi connectivity index (χ3n) is 3.74. The molecule has 3 nitrogen and oxygen atoms in total. The lowest BCUT2D eigenvalue weighted by Crippen LogP contribution is -2.40. The zero-order chi connectivity index (χ0) is 15.1. The van der Waals surface area contributed by atoms with Crippen molar-refractivity contribution < 1.29 is 9.53 Å². The minimum atomic E-state index is -0.214. The van der Waals surface area contributed by atoms with Gasteiger partial charge in [-0.2, -0.15) is 0 Å². The molecule has 20 heavy (non-hydrogen) atoms. The van der Waals surface area contributed by atoms with E-state index in [0.717, 1.165) is 24.8 Å². The molecule has 0 spiro atoms. The molecule has 0 aromatic heterocycles. The van der Waals surface area contributed by atoms with Crippen LogP contribution < -0.4 is 0 Å². The molecule has 0 heterocycles. The van der Waals surface area contributed by atoms with Gasteiger partial charge in [-0.1, -0.05) is 43.5 Å². The van der Waals surface area contributed by atoms with E-state index in [2.05, 4.69) is 18.7 Å². The van der Waals surface area contributed by atoms with Gasteiger partial charge in [0.25, 0.3) is 0 Å². The van der Waals surface area contributed by atoms with Crippen LogP contribution in [0.15, 0.2) is 24.3 Å². The van der Waals surface area contributed by atoms with E-state index in [1.807, 2.05) is 31.3 Å². The number of carbonyl (C=O) groups is 1. The number of rotatable bonds is 7. The number of ether oxygens (including phenoxy) is 1. The first-order valence-electron chi connectivity index (χ1n) is 7.06. The summed E-state index contributed by atoms with van der Waals surface area (Å²) in [6, 6.07) is 7.65. The van der Waals surface area contributed by atoms with E-state index < -0.39 is 0 Å². The van der Waals surface area contributed by atoms with Crippen LogP contribution in [0.5, 0.6) is 0 Å². The number of nitrogens with zero attached hydrogens (tertiary/aromatic N) is 1. The maximum Gasteiger partial charge on any atom is 0.323 e. The average Bonchev–Trinajstić information content (AvgIpc) is 2.46. The summed E-state index contributed by atoms with van der Waals surface area (Å²) in [5.74, 6) is -0.171. The first-order chi connectivity index (χ1) is 9.51. The Morgan fingerprint density at radius 2 is 2.15 bits per heavy atom. The quantitative estimate of drug-likeness (QED) is 0.711. The highest BCUT2D eigenvalue weighted by atomic mass is 35.5. The summed E-state index contributed by atoms with van der Waals surface area (Å²) in [6.45, 7) is 4.20. The van der Waals surface area contributed by atoms with Crippen LogP contribution in [0.3, 0.4) is 0 Å². The Bertz CT molecular complexity index is 436. The Morgan fingerprint density at radius 1 is 1.45 bits per heavy atom. The van der Waals surface area contributed by atoms with E-state index in [4.69, 9.17) is 16.3 Å². The second-order valence-corrected chi connectivity index (χ2v) is 5.51. The van der Waals surface area contributed by atoms with E-state index in [9.17, 15) is 4.79 Å². The number of likely N-dealkylation sites (N-methyl/N-ethyl adjacent to an activating group) is 1. The first-order valence-corrected chi connectivity index (χ1v) is 7.44. The van der Waals surface area contributed by atoms with Crippen molar-refractivity contribution in [1.82, 2.24) is 4.90 Å². The van der Waals surface area contributed by atoms with Gasteiger partial charge in [-0.25, -0.2) is 0 Å². The summed E-state index contributed by atoms with van der Waals surface area (Å²) in [6.07, 6.45) is 2.88. The van der Waals surface area contributed by atoms with Crippen molar-refractivity contribution in [1.29, 1.82) is 0 Å². The molecule has 4 heteroatoms. The molecule has 0 aliphatic carbocycles. The Balaban J connectivity index is 2.87. The molecule has 0 saturated heterocycles. The standard InChI is InChI=1S/C16H24ClNO2/c1-5-6-10-15(16(19)20-4)18(3)12(2)13-8-7-9-14(17)11-13/h7-9,11-12,15H,5-6,10H2,1-4H3. The predicted octanol–water partition coefficient (Wildman–Crippen LogP) is 4.06. The van der Waals surface area contributed by atoms with Gasteiger partial charge in [-0.05, 0) is 38.1 Å². The summed E-state index contributed by atoms with van der Waals surface area (Å²) in [5, 5.41) is 0.714. The van der Waals surface area contributed by atoms with Gasteiger partial charge in [0.2, 0.25) is 0 Å². The number of methoxy groups -OCH3 is 1. The lowest BCUT2D eigenvalue weighted by molar-refractivity contribution is -0.147. The Labute approximate surface area is 126 Å². The van der Waals surface area contributed by atoms with Crippen molar-refractivity contribution in [2.45, 2.75) is 45.2 Å². The maximum atomic E-state index is 12.0. The van der Waals surface area contributed by atoms with E-state index in [-0.39, 0.29) is 18.1 Å². The van der Waals surface area contributed by atoms with Crippen molar-refractivity contribution >= 4 is 17.6 Å². The fourth-order valence-corrected chi connectivity index (χ4v) is 2.49. The number of halogens is 1. The van der Waals surface area contributed by atoms with E-state index in [1.54, 1.807) is 0 Å².